The Hall–Kier alpha value is -1.17. The minimum atomic E-state index is 0.566. The van der Waals surface area contributed by atoms with Crippen LogP contribution >= 0.6 is 27.5 Å². The SMILES string of the molecule is NNc1ccnc(-c2ccc(Cl)c(Br)c2)n1. The molecule has 82 valence electrons. The molecule has 0 aliphatic heterocycles. The topological polar surface area (TPSA) is 63.8 Å². The van der Waals surface area contributed by atoms with Gasteiger partial charge in [-0.3, -0.25) is 0 Å². The van der Waals surface area contributed by atoms with Crippen molar-refractivity contribution in [1.82, 2.24) is 9.97 Å². The number of aromatic nitrogens is 2. The van der Waals surface area contributed by atoms with Crippen LogP contribution < -0.4 is 11.3 Å². The van der Waals surface area contributed by atoms with Crippen molar-refractivity contribution < 1.29 is 0 Å². The van der Waals surface area contributed by atoms with Gasteiger partial charge in [0.1, 0.15) is 5.82 Å². The van der Waals surface area contributed by atoms with Gasteiger partial charge in [-0.25, -0.2) is 15.8 Å². The van der Waals surface area contributed by atoms with Crippen molar-refractivity contribution in [2.75, 3.05) is 5.43 Å². The largest absolute Gasteiger partial charge is 0.308 e. The molecule has 1 heterocycles. The Morgan fingerprint density at radius 2 is 2.12 bits per heavy atom. The Morgan fingerprint density at radius 3 is 2.81 bits per heavy atom. The van der Waals surface area contributed by atoms with E-state index < -0.39 is 0 Å². The minimum Gasteiger partial charge on any atom is -0.308 e. The fourth-order valence-electron chi connectivity index (χ4n) is 1.21. The normalized spacial score (nSPS) is 10.2. The third-order valence-corrected chi connectivity index (χ3v) is 3.20. The summed E-state index contributed by atoms with van der Waals surface area (Å²) >= 11 is 9.26. The fourth-order valence-corrected chi connectivity index (χ4v) is 1.71. The van der Waals surface area contributed by atoms with Crippen LogP contribution in [0.5, 0.6) is 0 Å². The molecule has 2 rings (SSSR count). The lowest BCUT2D eigenvalue weighted by Crippen LogP contribution is -2.09. The number of anilines is 1. The summed E-state index contributed by atoms with van der Waals surface area (Å²) in [4.78, 5) is 8.38. The van der Waals surface area contributed by atoms with Crippen molar-refractivity contribution in [3.63, 3.8) is 0 Å². The number of hydrogen-bond donors (Lipinski definition) is 2. The first kappa shape index (κ1) is 11.3. The Labute approximate surface area is 106 Å². The molecule has 1 aromatic heterocycles. The molecule has 16 heavy (non-hydrogen) atoms. The van der Waals surface area contributed by atoms with Gasteiger partial charge in [0, 0.05) is 22.3 Å². The molecule has 0 saturated heterocycles. The van der Waals surface area contributed by atoms with E-state index >= 15 is 0 Å². The zero-order valence-electron chi connectivity index (χ0n) is 8.11. The predicted octanol–water partition coefficient (Wildman–Crippen LogP) is 2.85. The van der Waals surface area contributed by atoms with E-state index in [0.29, 0.717) is 16.7 Å². The molecule has 4 nitrogen and oxygen atoms in total. The van der Waals surface area contributed by atoms with Gasteiger partial charge in [-0.1, -0.05) is 11.6 Å². The number of hydrogen-bond acceptors (Lipinski definition) is 4. The van der Waals surface area contributed by atoms with Crippen LogP contribution in [-0.2, 0) is 0 Å². The van der Waals surface area contributed by atoms with E-state index in [0.717, 1.165) is 10.0 Å². The van der Waals surface area contributed by atoms with Gasteiger partial charge < -0.3 is 5.43 Å². The van der Waals surface area contributed by atoms with Crippen molar-refractivity contribution in [3.05, 3.63) is 40.0 Å². The van der Waals surface area contributed by atoms with Crippen molar-refractivity contribution >= 4 is 33.3 Å². The van der Waals surface area contributed by atoms with Gasteiger partial charge in [0.25, 0.3) is 0 Å². The highest BCUT2D eigenvalue weighted by atomic mass is 79.9. The maximum absolute atomic E-state index is 5.91. The average molecular weight is 300 g/mol. The fraction of sp³-hybridized carbons (Fsp3) is 0. The maximum atomic E-state index is 5.91. The van der Waals surface area contributed by atoms with E-state index in [1.807, 2.05) is 12.1 Å². The smallest absolute Gasteiger partial charge is 0.161 e. The number of halogens is 2. The first-order valence-corrected chi connectivity index (χ1v) is 5.63. The molecular formula is C10H8BrClN4. The first-order chi connectivity index (χ1) is 7.70. The summed E-state index contributed by atoms with van der Waals surface area (Å²) < 4.78 is 0.807. The van der Waals surface area contributed by atoms with Crippen LogP contribution in [0, 0.1) is 0 Å². The van der Waals surface area contributed by atoms with Crippen LogP contribution in [0.1, 0.15) is 0 Å². The molecule has 0 unspecified atom stereocenters. The Balaban J connectivity index is 2.46. The van der Waals surface area contributed by atoms with E-state index in [1.54, 1.807) is 18.3 Å². The maximum Gasteiger partial charge on any atom is 0.161 e. The molecule has 0 radical (unpaired) electrons. The van der Waals surface area contributed by atoms with Crippen LogP contribution in [0.2, 0.25) is 5.02 Å². The molecule has 1 aromatic carbocycles. The molecule has 3 N–H and O–H groups in total. The van der Waals surface area contributed by atoms with Crippen LogP contribution in [0.3, 0.4) is 0 Å². The summed E-state index contributed by atoms with van der Waals surface area (Å²) in [5.74, 6) is 6.44. The summed E-state index contributed by atoms with van der Waals surface area (Å²) in [5, 5.41) is 0.650. The van der Waals surface area contributed by atoms with E-state index in [1.165, 1.54) is 0 Å². The number of nitrogens with zero attached hydrogens (tertiary/aromatic N) is 2. The highest BCUT2D eigenvalue weighted by Gasteiger charge is 2.04. The van der Waals surface area contributed by atoms with Gasteiger partial charge >= 0.3 is 0 Å². The third-order valence-electron chi connectivity index (χ3n) is 1.98. The van der Waals surface area contributed by atoms with Gasteiger partial charge in [0.05, 0.1) is 5.02 Å². The number of benzene rings is 1. The predicted molar refractivity (Wildman–Crippen MR) is 68.0 cm³/mol. The van der Waals surface area contributed by atoms with Crippen LogP contribution in [0.15, 0.2) is 34.9 Å². The zero-order valence-corrected chi connectivity index (χ0v) is 10.5. The Bertz CT molecular complexity index is 518. The van der Waals surface area contributed by atoms with E-state index in [9.17, 15) is 0 Å². The number of hydrazine groups is 1. The standard InChI is InChI=1S/C10H8BrClN4/c11-7-5-6(1-2-8(7)12)10-14-4-3-9(15-10)16-13/h1-5H,13H2,(H,14,15,16). The molecule has 0 aliphatic rings. The van der Waals surface area contributed by atoms with Crippen LogP contribution in [0.25, 0.3) is 11.4 Å². The third kappa shape index (κ3) is 2.32. The molecule has 0 amide bonds. The average Bonchev–Trinajstić information content (AvgIpc) is 2.33. The number of nitrogen functional groups attached to an aromatic ring is 1. The minimum absolute atomic E-state index is 0.566. The summed E-state index contributed by atoms with van der Waals surface area (Å²) in [7, 11) is 0. The molecule has 0 fully saturated rings. The molecule has 2 aromatic rings. The summed E-state index contributed by atoms with van der Waals surface area (Å²) in [6.45, 7) is 0. The summed E-state index contributed by atoms with van der Waals surface area (Å²) in [6.07, 6.45) is 1.64. The molecule has 6 heteroatoms. The molecule has 0 bridgehead atoms. The van der Waals surface area contributed by atoms with Crippen molar-refractivity contribution in [2.45, 2.75) is 0 Å². The highest BCUT2D eigenvalue weighted by molar-refractivity contribution is 9.10. The lowest BCUT2D eigenvalue weighted by molar-refractivity contribution is 1.14. The van der Waals surface area contributed by atoms with Crippen LogP contribution in [-0.4, -0.2) is 9.97 Å². The van der Waals surface area contributed by atoms with Crippen molar-refractivity contribution in [2.24, 2.45) is 5.84 Å². The summed E-state index contributed by atoms with van der Waals surface area (Å²) in [6, 6.07) is 7.18. The van der Waals surface area contributed by atoms with Gasteiger partial charge in [0.2, 0.25) is 0 Å². The van der Waals surface area contributed by atoms with E-state index in [2.05, 4.69) is 31.3 Å². The van der Waals surface area contributed by atoms with Gasteiger partial charge in [-0.15, -0.1) is 0 Å². The molecule has 0 aliphatic carbocycles. The monoisotopic (exact) mass is 298 g/mol. The second-order valence-electron chi connectivity index (χ2n) is 3.04. The van der Waals surface area contributed by atoms with E-state index in [4.69, 9.17) is 17.4 Å². The van der Waals surface area contributed by atoms with Crippen LogP contribution in [0.4, 0.5) is 5.82 Å². The highest BCUT2D eigenvalue weighted by Crippen LogP contribution is 2.27. The quantitative estimate of drug-likeness (QED) is 0.661. The number of rotatable bonds is 2. The van der Waals surface area contributed by atoms with Crippen molar-refractivity contribution in [1.29, 1.82) is 0 Å². The second kappa shape index (κ2) is 4.78. The Kier molecular flexibility index (Phi) is 3.38. The molecule has 0 saturated carbocycles. The van der Waals surface area contributed by atoms with Crippen molar-refractivity contribution in [3.8, 4) is 11.4 Å². The number of nitrogens with one attached hydrogen (secondary N) is 1. The molecular weight excluding hydrogens is 291 g/mol. The molecule has 0 spiro atoms. The van der Waals surface area contributed by atoms with Gasteiger partial charge in [-0.05, 0) is 34.1 Å². The van der Waals surface area contributed by atoms with E-state index in [-0.39, 0.29) is 0 Å². The second-order valence-corrected chi connectivity index (χ2v) is 4.30. The van der Waals surface area contributed by atoms with Gasteiger partial charge in [0.15, 0.2) is 5.82 Å². The number of nitrogens with two attached hydrogens (primary N) is 1. The lowest BCUT2D eigenvalue weighted by atomic mass is 10.2. The Morgan fingerprint density at radius 1 is 1.31 bits per heavy atom. The summed E-state index contributed by atoms with van der Waals surface area (Å²) in [5.41, 5.74) is 3.34. The molecule has 0 atom stereocenters. The first-order valence-electron chi connectivity index (χ1n) is 4.46. The van der Waals surface area contributed by atoms with Gasteiger partial charge in [-0.2, -0.15) is 0 Å². The zero-order chi connectivity index (χ0) is 11.5. The lowest BCUT2D eigenvalue weighted by Gasteiger charge is -2.04.